The number of rotatable bonds is 2. The zero-order valence-electron chi connectivity index (χ0n) is 9.33. The summed E-state index contributed by atoms with van der Waals surface area (Å²) >= 11 is 5.79. The van der Waals surface area contributed by atoms with Crippen molar-refractivity contribution in [2.45, 2.75) is 32.4 Å². The first-order valence-electron chi connectivity index (χ1n) is 5.25. The van der Waals surface area contributed by atoms with Gasteiger partial charge in [-0.25, -0.2) is 4.98 Å². The Labute approximate surface area is 99.4 Å². The van der Waals surface area contributed by atoms with Crippen molar-refractivity contribution in [2.75, 3.05) is 17.7 Å². The third-order valence-corrected chi connectivity index (χ3v) is 2.98. The van der Waals surface area contributed by atoms with Gasteiger partial charge in [-0.2, -0.15) is 4.98 Å². The summed E-state index contributed by atoms with van der Waals surface area (Å²) in [5.74, 6) is 0.597. The van der Waals surface area contributed by atoms with Crippen LogP contribution in [0.4, 0.5) is 11.5 Å². The van der Waals surface area contributed by atoms with Gasteiger partial charge in [0, 0.05) is 6.61 Å². The van der Waals surface area contributed by atoms with Gasteiger partial charge in [0.1, 0.15) is 0 Å². The monoisotopic (exact) mass is 242 g/mol. The molecule has 1 fully saturated rings. The molecule has 5 nitrogen and oxygen atoms in total. The molecule has 1 saturated heterocycles. The molecule has 3 N–H and O–H groups in total. The van der Waals surface area contributed by atoms with E-state index in [1.807, 2.05) is 13.8 Å². The molecule has 2 unspecified atom stereocenters. The molecule has 88 valence electrons. The van der Waals surface area contributed by atoms with Gasteiger partial charge in [0.05, 0.1) is 23.5 Å². The highest BCUT2D eigenvalue weighted by atomic mass is 35.5. The van der Waals surface area contributed by atoms with E-state index in [0.29, 0.717) is 17.2 Å². The van der Waals surface area contributed by atoms with Gasteiger partial charge in [0.2, 0.25) is 5.28 Å². The summed E-state index contributed by atoms with van der Waals surface area (Å²) in [7, 11) is 0. The average molecular weight is 243 g/mol. The lowest BCUT2D eigenvalue weighted by Gasteiger charge is -2.18. The minimum atomic E-state index is 0.161. The number of ether oxygens (including phenoxy) is 1. The Hall–Kier alpha value is -1.07. The largest absolute Gasteiger partial charge is 0.394 e. The number of nitrogens with zero attached hydrogens (tertiary/aromatic N) is 2. The molecular weight excluding hydrogens is 228 g/mol. The summed E-state index contributed by atoms with van der Waals surface area (Å²) in [6.07, 6.45) is 1.11. The zero-order valence-corrected chi connectivity index (χ0v) is 10.1. The van der Waals surface area contributed by atoms with Gasteiger partial charge >= 0.3 is 0 Å². The molecule has 1 aliphatic heterocycles. The molecule has 1 aliphatic rings. The van der Waals surface area contributed by atoms with Gasteiger partial charge in [-0.1, -0.05) is 0 Å². The Morgan fingerprint density at radius 1 is 1.50 bits per heavy atom. The van der Waals surface area contributed by atoms with Gasteiger partial charge in [-0.15, -0.1) is 0 Å². The van der Waals surface area contributed by atoms with Crippen molar-refractivity contribution in [3.8, 4) is 0 Å². The van der Waals surface area contributed by atoms with Crippen molar-refractivity contribution < 1.29 is 4.74 Å². The summed E-state index contributed by atoms with van der Waals surface area (Å²) in [6.45, 7) is 4.59. The molecule has 0 aliphatic carbocycles. The van der Waals surface area contributed by atoms with Crippen molar-refractivity contribution >= 4 is 23.1 Å². The predicted molar refractivity (Wildman–Crippen MR) is 63.6 cm³/mol. The standard InChI is InChI=1S/C10H15ClN4O/c1-5-8(12)9(15-10(11)13-5)14-7-3-4-16-6(7)2/h6-7H,3-4,12H2,1-2H3,(H,13,14,15). The fourth-order valence-corrected chi connectivity index (χ4v) is 1.97. The molecule has 16 heavy (non-hydrogen) atoms. The predicted octanol–water partition coefficient (Wildman–Crippen LogP) is 1.61. The first-order chi connectivity index (χ1) is 7.58. The van der Waals surface area contributed by atoms with Crippen LogP contribution in [0.1, 0.15) is 19.0 Å². The van der Waals surface area contributed by atoms with E-state index in [1.165, 1.54) is 0 Å². The van der Waals surface area contributed by atoms with Gasteiger partial charge in [-0.3, -0.25) is 0 Å². The number of anilines is 2. The highest BCUT2D eigenvalue weighted by Crippen LogP contribution is 2.24. The SMILES string of the molecule is Cc1nc(Cl)nc(NC2CCOC2C)c1N. The van der Waals surface area contributed by atoms with Crippen LogP contribution in [0.2, 0.25) is 5.28 Å². The van der Waals surface area contributed by atoms with Crippen LogP contribution in [0, 0.1) is 6.92 Å². The molecule has 2 heterocycles. The number of hydrogen-bond acceptors (Lipinski definition) is 5. The van der Waals surface area contributed by atoms with Crippen molar-refractivity contribution in [3.63, 3.8) is 0 Å². The van der Waals surface area contributed by atoms with Crippen molar-refractivity contribution in [1.29, 1.82) is 0 Å². The molecule has 1 aromatic heterocycles. The maximum atomic E-state index is 5.89. The van der Waals surface area contributed by atoms with Crippen molar-refractivity contribution in [1.82, 2.24) is 9.97 Å². The van der Waals surface area contributed by atoms with Gasteiger partial charge in [0.25, 0.3) is 0 Å². The van der Waals surface area contributed by atoms with Gasteiger partial charge in [-0.05, 0) is 31.9 Å². The summed E-state index contributed by atoms with van der Waals surface area (Å²) in [5.41, 5.74) is 7.12. The van der Waals surface area contributed by atoms with Crippen LogP contribution in [-0.2, 0) is 4.74 Å². The second-order valence-electron chi connectivity index (χ2n) is 3.96. The smallest absolute Gasteiger partial charge is 0.224 e. The lowest BCUT2D eigenvalue weighted by molar-refractivity contribution is 0.121. The average Bonchev–Trinajstić information content (AvgIpc) is 2.60. The normalized spacial score (nSPS) is 24.7. The van der Waals surface area contributed by atoms with E-state index in [2.05, 4.69) is 15.3 Å². The van der Waals surface area contributed by atoms with Crippen LogP contribution in [0.5, 0.6) is 0 Å². The van der Waals surface area contributed by atoms with Crippen LogP contribution in [-0.4, -0.2) is 28.7 Å². The molecule has 1 aromatic rings. The van der Waals surface area contributed by atoms with E-state index in [1.54, 1.807) is 0 Å². The molecule has 0 aromatic carbocycles. The van der Waals surface area contributed by atoms with E-state index < -0.39 is 0 Å². The number of nitrogen functional groups attached to an aromatic ring is 1. The van der Waals surface area contributed by atoms with E-state index in [9.17, 15) is 0 Å². The molecule has 2 atom stereocenters. The number of hydrogen-bond donors (Lipinski definition) is 2. The molecule has 2 rings (SSSR count). The summed E-state index contributed by atoms with van der Waals surface area (Å²) < 4.78 is 5.46. The number of halogens is 1. The Morgan fingerprint density at radius 3 is 2.88 bits per heavy atom. The van der Waals surface area contributed by atoms with Crippen LogP contribution < -0.4 is 11.1 Å². The maximum absolute atomic E-state index is 5.89. The Morgan fingerprint density at radius 2 is 2.25 bits per heavy atom. The van der Waals surface area contributed by atoms with Crippen LogP contribution >= 0.6 is 11.6 Å². The lowest BCUT2D eigenvalue weighted by atomic mass is 10.1. The fraction of sp³-hybridized carbons (Fsp3) is 0.600. The Kier molecular flexibility index (Phi) is 3.16. The highest BCUT2D eigenvalue weighted by Gasteiger charge is 2.25. The lowest BCUT2D eigenvalue weighted by Crippen LogP contribution is -2.27. The van der Waals surface area contributed by atoms with Crippen molar-refractivity contribution in [3.05, 3.63) is 11.0 Å². The Balaban J connectivity index is 2.20. The summed E-state index contributed by atoms with van der Waals surface area (Å²) in [5, 5.41) is 3.46. The minimum Gasteiger partial charge on any atom is -0.394 e. The number of nitrogens with two attached hydrogens (primary N) is 1. The van der Waals surface area contributed by atoms with E-state index in [4.69, 9.17) is 22.1 Å². The first kappa shape index (κ1) is 11.4. The first-order valence-corrected chi connectivity index (χ1v) is 5.63. The second kappa shape index (κ2) is 4.43. The number of aromatic nitrogens is 2. The Bertz CT molecular complexity index is 399. The van der Waals surface area contributed by atoms with Crippen molar-refractivity contribution in [2.24, 2.45) is 0 Å². The van der Waals surface area contributed by atoms with E-state index in [-0.39, 0.29) is 17.4 Å². The maximum Gasteiger partial charge on any atom is 0.224 e. The quantitative estimate of drug-likeness (QED) is 0.771. The van der Waals surface area contributed by atoms with Gasteiger partial charge in [0.15, 0.2) is 5.82 Å². The fourth-order valence-electron chi connectivity index (χ4n) is 1.75. The van der Waals surface area contributed by atoms with Crippen LogP contribution in [0.3, 0.4) is 0 Å². The molecule has 6 heteroatoms. The minimum absolute atomic E-state index is 0.161. The molecule has 0 bridgehead atoms. The van der Waals surface area contributed by atoms with Crippen LogP contribution in [0.15, 0.2) is 0 Å². The van der Waals surface area contributed by atoms with E-state index in [0.717, 1.165) is 13.0 Å². The molecular formula is C10H15ClN4O. The number of aryl methyl sites for hydroxylation is 1. The highest BCUT2D eigenvalue weighted by molar-refractivity contribution is 6.28. The third-order valence-electron chi connectivity index (χ3n) is 2.81. The zero-order chi connectivity index (χ0) is 11.7. The topological polar surface area (TPSA) is 73.1 Å². The second-order valence-corrected chi connectivity index (χ2v) is 4.29. The number of nitrogens with one attached hydrogen (secondary N) is 1. The van der Waals surface area contributed by atoms with Crippen LogP contribution in [0.25, 0.3) is 0 Å². The van der Waals surface area contributed by atoms with Gasteiger partial charge < -0.3 is 15.8 Å². The van der Waals surface area contributed by atoms with E-state index >= 15 is 0 Å². The third kappa shape index (κ3) is 2.20. The molecule has 0 amide bonds. The molecule has 0 spiro atoms. The molecule has 0 saturated carbocycles. The summed E-state index contributed by atoms with van der Waals surface area (Å²) in [4.78, 5) is 8.08. The molecule has 0 radical (unpaired) electrons. The summed E-state index contributed by atoms with van der Waals surface area (Å²) in [6, 6.07) is 0.229.